The van der Waals surface area contributed by atoms with Crippen molar-refractivity contribution in [1.29, 1.82) is 0 Å². The molecule has 0 aliphatic rings. The fourth-order valence-electron chi connectivity index (χ4n) is 0.636. The van der Waals surface area contributed by atoms with Gasteiger partial charge >= 0.3 is 0 Å². The van der Waals surface area contributed by atoms with E-state index in [-0.39, 0.29) is 5.56 Å². The highest BCUT2D eigenvalue weighted by Crippen LogP contribution is 2.13. The zero-order chi connectivity index (χ0) is 7.56. The third-order valence-corrected chi connectivity index (χ3v) is 1.17. The molecule has 0 N–H and O–H groups in total. The van der Waals surface area contributed by atoms with Crippen LogP contribution in [-0.4, -0.2) is 0 Å². The van der Waals surface area contributed by atoms with Gasteiger partial charge in [-0.25, -0.2) is 8.78 Å². The minimum absolute atomic E-state index is 0.0698. The lowest BCUT2D eigenvalue weighted by atomic mass is 10.2. The molecular weight excluding hydrogens is 138 g/mol. The summed E-state index contributed by atoms with van der Waals surface area (Å²) in [7, 11) is 0. The summed E-state index contributed by atoms with van der Waals surface area (Å²) in [5, 5.41) is 10.4. The zero-order valence-electron chi connectivity index (χ0n) is 5.10. The Kier molecular flexibility index (Phi) is 1.85. The van der Waals surface area contributed by atoms with Crippen LogP contribution in [0.4, 0.5) is 8.78 Å². The third kappa shape index (κ3) is 1.23. The monoisotopic (exact) mass is 143 g/mol. The molecule has 0 amide bonds. The van der Waals surface area contributed by atoms with Gasteiger partial charge in [0.15, 0.2) is 0 Å². The van der Waals surface area contributed by atoms with Gasteiger partial charge in [0, 0.05) is 5.56 Å². The number of rotatable bonds is 1. The summed E-state index contributed by atoms with van der Waals surface area (Å²) in [6.45, 7) is -0.869. The SMILES string of the molecule is [O-]c1ccc(CF)c(F)c1. The molecule has 0 aliphatic carbocycles. The van der Waals surface area contributed by atoms with Crippen LogP contribution in [0.2, 0.25) is 0 Å². The lowest BCUT2D eigenvalue weighted by Crippen LogP contribution is -1.92. The highest BCUT2D eigenvalue weighted by atomic mass is 19.1. The van der Waals surface area contributed by atoms with Gasteiger partial charge in [-0.2, -0.15) is 0 Å². The Morgan fingerprint density at radius 1 is 1.40 bits per heavy atom. The Morgan fingerprint density at radius 2 is 2.10 bits per heavy atom. The van der Waals surface area contributed by atoms with Gasteiger partial charge in [-0.05, 0) is 6.07 Å². The van der Waals surface area contributed by atoms with Crippen molar-refractivity contribution in [2.75, 3.05) is 0 Å². The van der Waals surface area contributed by atoms with Gasteiger partial charge in [0.05, 0.1) is 0 Å². The van der Waals surface area contributed by atoms with E-state index in [4.69, 9.17) is 0 Å². The normalized spacial score (nSPS) is 9.80. The largest absolute Gasteiger partial charge is 0.872 e. The van der Waals surface area contributed by atoms with E-state index in [0.717, 1.165) is 18.2 Å². The van der Waals surface area contributed by atoms with E-state index in [1.54, 1.807) is 0 Å². The van der Waals surface area contributed by atoms with Crippen LogP contribution in [0.1, 0.15) is 5.56 Å². The Hall–Kier alpha value is -1.12. The third-order valence-electron chi connectivity index (χ3n) is 1.17. The second kappa shape index (κ2) is 2.64. The fraction of sp³-hybridized carbons (Fsp3) is 0.143. The van der Waals surface area contributed by atoms with E-state index in [9.17, 15) is 13.9 Å². The minimum Gasteiger partial charge on any atom is -0.872 e. The van der Waals surface area contributed by atoms with Gasteiger partial charge in [-0.3, -0.25) is 0 Å². The maximum absolute atomic E-state index is 12.4. The molecule has 0 radical (unpaired) electrons. The van der Waals surface area contributed by atoms with Crippen molar-refractivity contribution in [1.82, 2.24) is 0 Å². The molecular formula is C7H5F2O-. The van der Waals surface area contributed by atoms with Gasteiger partial charge in [-0.15, -0.1) is 5.75 Å². The molecule has 10 heavy (non-hydrogen) atoms. The predicted octanol–water partition coefficient (Wildman–Crippen LogP) is 1.37. The first-order chi connectivity index (χ1) is 4.74. The van der Waals surface area contributed by atoms with Crippen molar-refractivity contribution in [2.24, 2.45) is 0 Å². The molecule has 0 atom stereocenters. The summed E-state index contributed by atoms with van der Waals surface area (Å²) in [5.41, 5.74) is -0.0698. The molecule has 0 saturated heterocycles. The van der Waals surface area contributed by atoms with Crippen LogP contribution in [0.3, 0.4) is 0 Å². The number of alkyl halides is 1. The van der Waals surface area contributed by atoms with Crippen molar-refractivity contribution in [3.8, 4) is 5.75 Å². The van der Waals surface area contributed by atoms with Gasteiger partial charge in [-0.1, -0.05) is 12.1 Å². The van der Waals surface area contributed by atoms with Crippen LogP contribution in [0.15, 0.2) is 18.2 Å². The first-order valence-electron chi connectivity index (χ1n) is 2.75. The summed E-state index contributed by atoms with van der Waals surface area (Å²) in [4.78, 5) is 0. The molecule has 0 spiro atoms. The summed E-state index contributed by atoms with van der Waals surface area (Å²) < 4.78 is 24.2. The molecule has 0 fully saturated rings. The van der Waals surface area contributed by atoms with Crippen molar-refractivity contribution in [3.63, 3.8) is 0 Å². The lowest BCUT2D eigenvalue weighted by molar-refractivity contribution is -0.268. The number of hydrogen-bond acceptors (Lipinski definition) is 1. The Balaban J connectivity index is 3.07. The molecule has 0 unspecified atom stereocenters. The van der Waals surface area contributed by atoms with Crippen LogP contribution in [0, 0.1) is 5.82 Å². The van der Waals surface area contributed by atoms with Gasteiger partial charge < -0.3 is 5.11 Å². The fourth-order valence-corrected chi connectivity index (χ4v) is 0.636. The summed E-state index contributed by atoms with van der Waals surface area (Å²) in [5.74, 6) is -1.20. The van der Waals surface area contributed by atoms with Crippen molar-refractivity contribution >= 4 is 0 Å². The van der Waals surface area contributed by atoms with E-state index in [1.807, 2.05) is 0 Å². The average molecular weight is 143 g/mol. The average Bonchev–Trinajstić information content (AvgIpc) is 1.88. The Bertz CT molecular complexity index is 235. The molecule has 0 heterocycles. The lowest BCUT2D eigenvalue weighted by Gasteiger charge is -2.04. The second-order valence-electron chi connectivity index (χ2n) is 1.89. The van der Waals surface area contributed by atoms with E-state index < -0.39 is 18.2 Å². The standard InChI is InChI=1S/C7H6F2O/c8-4-5-1-2-6(10)3-7(5)9/h1-3,10H,4H2/p-1. The number of hydrogen-bond donors (Lipinski definition) is 0. The zero-order valence-corrected chi connectivity index (χ0v) is 5.10. The first kappa shape index (κ1) is 6.99. The Morgan fingerprint density at radius 3 is 2.60 bits per heavy atom. The van der Waals surface area contributed by atoms with Crippen molar-refractivity contribution < 1.29 is 13.9 Å². The summed E-state index contributed by atoms with van der Waals surface area (Å²) in [6, 6.07) is 3.06. The second-order valence-corrected chi connectivity index (χ2v) is 1.89. The maximum atomic E-state index is 12.4. The van der Waals surface area contributed by atoms with Crippen molar-refractivity contribution in [2.45, 2.75) is 6.67 Å². The van der Waals surface area contributed by atoms with Crippen LogP contribution >= 0.6 is 0 Å². The minimum atomic E-state index is -0.869. The molecule has 0 aliphatic heterocycles. The number of halogens is 2. The quantitative estimate of drug-likeness (QED) is 0.582. The highest BCUT2D eigenvalue weighted by molar-refractivity contribution is 5.26. The molecule has 1 aromatic carbocycles. The van der Waals surface area contributed by atoms with Crippen LogP contribution in [0.5, 0.6) is 5.75 Å². The van der Waals surface area contributed by atoms with Crippen molar-refractivity contribution in [3.05, 3.63) is 29.6 Å². The van der Waals surface area contributed by atoms with Gasteiger partial charge in [0.25, 0.3) is 0 Å². The van der Waals surface area contributed by atoms with E-state index in [1.165, 1.54) is 0 Å². The highest BCUT2D eigenvalue weighted by Gasteiger charge is 1.97. The number of benzene rings is 1. The summed E-state index contributed by atoms with van der Waals surface area (Å²) in [6.07, 6.45) is 0. The van der Waals surface area contributed by atoms with Gasteiger partial charge in [0.1, 0.15) is 12.5 Å². The van der Waals surface area contributed by atoms with E-state index in [2.05, 4.69) is 0 Å². The topological polar surface area (TPSA) is 23.1 Å². The molecule has 3 heteroatoms. The molecule has 0 aromatic heterocycles. The molecule has 0 saturated carbocycles. The predicted molar refractivity (Wildman–Crippen MR) is 30.7 cm³/mol. The molecule has 1 aromatic rings. The molecule has 0 bridgehead atoms. The smallest absolute Gasteiger partial charge is 0.128 e. The van der Waals surface area contributed by atoms with E-state index in [0.29, 0.717) is 0 Å². The Labute approximate surface area is 56.9 Å². The molecule has 1 rings (SSSR count). The first-order valence-corrected chi connectivity index (χ1v) is 2.75. The molecule has 54 valence electrons. The summed E-state index contributed by atoms with van der Waals surface area (Å²) >= 11 is 0. The molecule has 1 nitrogen and oxygen atoms in total. The van der Waals surface area contributed by atoms with Crippen LogP contribution < -0.4 is 5.11 Å². The van der Waals surface area contributed by atoms with Gasteiger partial charge in [0.2, 0.25) is 0 Å². The van der Waals surface area contributed by atoms with E-state index >= 15 is 0 Å². The maximum Gasteiger partial charge on any atom is 0.128 e. The van der Waals surface area contributed by atoms with Crippen LogP contribution in [-0.2, 0) is 6.67 Å². The van der Waals surface area contributed by atoms with Crippen LogP contribution in [0.25, 0.3) is 0 Å².